The number of carboxylic acid groups (broad SMARTS) is 1. The Morgan fingerprint density at radius 2 is 1.38 bits per heavy atom. The van der Waals surface area contributed by atoms with Crippen LogP contribution in [0, 0.1) is 5.92 Å². The average molecular weight is 556 g/mol. The van der Waals surface area contributed by atoms with Crippen LogP contribution in [0.5, 0.6) is 11.5 Å². The van der Waals surface area contributed by atoms with E-state index in [0.29, 0.717) is 12.0 Å². The van der Waals surface area contributed by atoms with Crippen molar-refractivity contribution in [3.05, 3.63) is 23.8 Å². The van der Waals surface area contributed by atoms with Crippen molar-refractivity contribution < 1.29 is 52.7 Å². The second-order valence-corrected chi connectivity index (χ2v) is 11.0. The summed E-state index contributed by atoms with van der Waals surface area (Å²) in [5.74, 6) is -3.30. The Morgan fingerprint density at radius 1 is 0.872 bits per heavy atom. The maximum atomic E-state index is 12.5. The molecule has 12 nitrogen and oxygen atoms in total. The van der Waals surface area contributed by atoms with Gasteiger partial charge in [0.15, 0.2) is 11.5 Å². The Morgan fingerprint density at radius 3 is 1.85 bits per heavy atom. The van der Waals surface area contributed by atoms with E-state index in [1.807, 2.05) is 6.92 Å². The van der Waals surface area contributed by atoms with Crippen LogP contribution in [-0.2, 0) is 23.7 Å². The number of rotatable bonds is 10. The minimum atomic E-state index is -1.44. The molecule has 0 radical (unpaired) electrons. The maximum absolute atomic E-state index is 12.5. The van der Waals surface area contributed by atoms with Gasteiger partial charge in [-0.1, -0.05) is 19.9 Å². The first-order valence-electron chi connectivity index (χ1n) is 12.6. The molecule has 0 aliphatic carbocycles. The topological polar surface area (TPSA) is 170 Å². The Hall–Kier alpha value is -3.54. The SMILES string of the molecule is CCCOC(=O)OC(C)C(C)C(c1ccc(OC(=O)OC(C)(C)C)c(OC(=O)OC(C)(C)C)c1)[C@H](N)C(=O)O. The summed E-state index contributed by atoms with van der Waals surface area (Å²) in [5, 5.41) is 9.72. The minimum absolute atomic E-state index is 0.169. The summed E-state index contributed by atoms with van der Waals surface area (Å²) in [5.41, 5.74) is 4.63. The molecule has 0 aromatic heterocycles. The molecule has 0 saturated heterocycles. The molecular formula is C27H41NO11. The van der Waals surface area contributed by atoms with Crippen LogP contribution >= 0.6 is 0 Å². The van der Waals surface area contributed by atoms with Crippen LogP contribution in [0.4, 0.5) is 14.4 Å². The summed E-state index contributed by atoms with van der Waals surface area (Å²) in [6.45, 7) is 15.1. The highest BCUT2D eigenvalue weighted by Gasteiger charge is 2.36. The highest BCUT2D eigenvalue weighted by atomic mass is 16.8. The lowest BCUT2D eigenvalue weighted by Crippen LogP contribution is -2.42. The lowest BCUT2D eigenvalue weighted by molar-refractivity contribution is -0.139. The zero-order valence-corrected chi connectivity index (χ0v) is 24.1. The van der Waals surface area contributed by atoms with Gasteiger partial charge in [-0.2, -0.15) is 0 Å². The van der Waals surface area contributed by atoms with Gasteiger partial charge in [0, 0.05) is 11.8 Å². The molecule has 0 saturated carbocycles. The monoisotopic (exact) mass is 555 g/mol. The van der Waals surface area contributed by atoms with E-state index in [1.54, 1.807) is 55.4 Å². The zero-order chi connectivity index (χ0) is 30.1. The predicted octanol–water partition coefficient (Wildman–Crippen LogP) is 5.40. The quantitative estimate of drug-likeness (QED) is 0.214. The van der Waals surface area contributed by atoms with Crippen molar-refractivity contribution in [2.75, 3.05) is 6.61 Å². The molecule has 12 heteroatoms. The molecule has 3 N–H and O–H groups in total. The molecule has 0 bridgehead atoms. The van der Waals surface area contributed by atoms with E-state index in [9.17, 15) is 24.3 Å². The van der Waals surface area contributed by atoms with Gasteiger partial charge < -0.3 is 39.3 Å². The van der Waals surface area contributed by atoms with E-state index in [-0.39, 0.29) is 18.1 Å². The molecule has 1 aromatic rings. The molecule has 0 aliphatic rings. The lowest BCUT2D eigenvalue weighted by Gasteiger charge is -2.31. The van der Waals surface area contributed by atoms with Crippen molar-refractivity contribution in [1.82, 2.24) is 0 Å². The smallest absolute Gasteiger partial charge is 0.480 e. The average Bonchev–Trinajstić information content (AvgIpc) is 2.76. The van der Waals surface area contributed by atoms with Crippen LogP contribution in [-0.4, -0.2) is 59.5 Å². The number of aliphatic carboxylic acids is 1. The summed E-state index contributed by atoms with van der Waals surface area (Å²) in [6, 6.07) is 2.65. The van der Waals surface area contributed by atoms with E-state index in [0.717, 1.165) is 0 Å². The second-order valence-electron chi connectivity index (χ2n) is 11.0. The number of ether oxygens (including phenoxy) is 6. The third kappa shape index (κ3) is 11.8. The largest absolute Gasteiger partial charge is 0.514 e. The van der Waals surface area contributed by atoms with Crippen molar-refractivity contribution in [1.29, 1.82) is 0 Å². The summed E-state index contributed by atoms with van der Waals surface area (Å²) < 4.78 is 31.3. The molecule has 39 heavy (non-hydrogen) atoms. The van der Waals surface area contributed by atoms with Crippen molar-refractivity contribution in [3.8, 4) is 11.5 Å². The third-order valence-corrected chi connectivity index (χ3v) is 5.20. The Labute approximate surface area is 229 Å². The molecule has 1 aromatic carbocycles. The molecule has 0 fully saturated rings. The summed E-state index contributed by atoms with van der Waals surface area (Å²) in [7, 11) is 0. The molecule has 1 rings (SSSR count). The van der Waals surface area contributed by atoms with Crippen LogP contribution in [0.1, 0.15) is 80.2 Å². The van der Waals surface area contributed by atoms with Gasteiger partial charge in [0.25, 0.3) is 0 Å². The van der Waals surface area contributed by atoms with E-state index in [1.165, 1.54) is 18.2 Å². The molecule has 220 valence electrons. The standard InChI is InChI=1S/C27H41NO11/c1-10-13-34-23(31)35-16(3)15(2)20(21(28)22(29)30)17-11-12-18(36-24(32)38-26(4,5)6)19(14-17)37-25(33)39-27(7,8)9/h11-12,14-16,20-21H,10,13,28H2,1-9H3,(H,29,30)/t15?,16?,20?,21-/m0/s1. The molecule has 0 spiro atoms. The molecule has 3 unspecified atom stereocenters. The van der Waals surface area contributed by atoms with Crippen molar-refractivity contribution in [3.63, 3.8) is 0 Å². The Kier molecular flexibility index (Phi) is 12.0. The number of benzene rings is 1. The maximum Gasteiger partial charge on any atom is 0.514 e. The van der Waals surface area contributed by atoms with E-state index in [4.69, 9.17) is 34.2 Å². The fourth-order valence-corrected chi connectivity index (χ4v) is 3.38. The summed E-state index contributed by atoms with van der Waals surface area (Å²) >= 11 is 0. The number of hydrogen-bond donors (Lipinski definition) is 2. The number of carbonyl (C=O) groups excluding carboxylic acids is 3. The molecule has 0 heterocycles. The zero-order valence-electron chi connectivity index (χ0n) is 24.1. The van der Waals surface area contributed by atoms with E-state index in [2.05, 4.69) is 0 Å². The minimum Gasteiger partial charge on any atom is -0.480 e. The van der Waals surface area contributed by atoms with Gasteiger partial charge in [-0.25, -0.2) is 14.4 Å². The van der Waals surface area contributed by atoms with Crippen molar-refractivity contribution in [2.45, 2.75) is 98.0 Å². The molecule has 4 atom stereocenters. The fourth-order valence-electron chi connectivity index (χ4n) is 3.38. The van der Waals surface area contributed by atoms with Crippen molar-refractivity contribution in [2.24, 2.45) is 11.7 Å². The summed E-state index contributed by atoms with van der Waals surface area (Å²) in [4.78, 5) is 48.7. The van der Waals surface area contributed by atoms with Gasteiger partial charge in [0.05, 0.1) is 6.61 Å². The van der Waals surface area contributed by atoms with Gasteiger partial charge in [0.1, 0.15) is 23.3 Å². The fraction of sp³-hybridized carbons (Fsp3) is 0.630. The van der Waals surface area contributed by atoms with Crippen LogP contribution in [0.3, 0.4) is 0 Å². The first kappa shape index (κ1) is 33.5. The van der Waals surface area contributed by atoms with Gasteiger partial charge in [-0.15, -0.1) is 0 Å². The van der Waals surface area contributed by atoms with Crippen LogP contribution in [0.25, 0.3) is 0 Å². The van der Waals surface area contributed by atoms with Crippen LogP contribution < -0.4 is 15.2 Å². The van der Waals surface area contributed by atoms with E-state index < -0.39 is 59.6 Å². The highest BCUT2D eigenvalue weighted by Crippen LogP contribution is 2.37. The van der Waals surface area contributed by atoms with Gasteiger partial charge in [0.2, 0.25) is 0 Å². The third-order valence-electron chi connectivity index (χ3n) is 5.20. The molecule has 0 aliphatic heterocycles. The molecule has 0 amide bonds. The van der Waals surface area contributed by atoms with Crippen LogP contribution in [0.15, 0.2) is 18.2 Å². The Balaban J connectivity index is 3.47. The van der Waals surface area contributed by atoms with Crippen LogP contribution in [0.2, 0.25) is 0 Å². The van der Waals surface area contributed by atoms with Gasteiger partial charge in [-0.05, 0) is 72.6 Å². The lowest BCUT2D eigenvalue weighted by atomic mass is 9.79. The number of carboxylic acids is 1. The molecular weight excluding hydrogens is 514 g/mol. The Bertz CT molecular complexity index is 1010. The predicted molar refractivity (Wildman–Crippen MR) is 140 cm³/mol. The second kappa shape index (κ2) is 14.0. The summed E-state index contributed by atoms with van der Waals surface area (Å²) in [6.07, 6.45) is -3.24. The number of hydrogen-bond acceptors (Lipinski definition) is 11. The first-order chi connectivity index (χ1) is 17.8. The van der Waals surface area contributed by atoms with Gasteiger partial charge in [-0.3, -0.25) is 4.79 Å². The highest BCUT2D eigenvalue weighted by molar-refractivity contribution is 5.75. The normalized spacial score (nSPS) is 14.7. The van der Waals surface area contributed by atoms with Crippen molar-refractivity contribution >= 4 is 24.4 Å². The van der Waals surface area contributed by atoms with E-state index >= 15 is 0 Å². The first-order valence-corrected chi connectivity index (χ1v) is 12.6. The number of nitrogens with two attached hydrogens (primary N) is 1. The number of carbonyl (C=O) groups is 4. The van der Waals surface area contributed by atoms with Gasteiger partial charge >= 0.3 is 24.4 Å².